The van der Waals surface area contributed by atoms with Crippen LogP contribution in [0.1, 0.15) is 10.4 Å². The SMILES string of the molecule is O=C(O)c1ccccc1OCCNc1ccc(I)cc1Cl. The molecule has 2 rings (SSSR count). The van der Waals surface area contributed by atoms with Gasteiger partial charge in [0.15, 0.2) is 0 Å². The van der Waals surface area contributed by atoms with E-state index in [1.807, 2.05) is 18.2 Å². The Kier molecular flexibility index (Phi) is 5.69. The van der Waals surface area contributed by atoms with Crippen molar-refractivity contribution in [1.82, 2.24) is 0 Å². The zero-order valence-electron chi connectivity index (χ0n) is 11.0. The fourth-order valence-electron chi connectivity index (χ4n) is 1.75. The molecule has 0 saturated heterocycles. The molecular formula is C15H13ClINO3. The molecule has 0 aromatic heterocycles. The van der Waals surface area contributed by atoms with E-state index in [0.29, 0.717) is 23.9 Å². The Morgan fingerprint density at radius 1 is 1.29 bits per heavy atom. The first-order chi connectivity index (χ1) is 10.1. The number of carboxylic acid groups (broad SMARTS) is 1. The normalized spacial score (nSPS) is 10.2. The molecule has 21 heavy (non-hydrogen) atoms. The predicted octanol–water partition coefficient (Wildman–Crippen LogP) is 4.13. The van der Waals surface area contributed by atoms with Gasteiger partial charge in [-0.1, -0.05) is 23.7 Å². The second-order valence-electron chi connectivity index (χ2n) is 4.20. The largest absolute Gasteiger partial charge is 0.491 e. The monoisotopic (exact) mass is 417 g/mol. The van der Waals surface area contributed by atoms with Gasteiger partial charge in [0.2, 0.25) is 0 Å². The lowest BCUT2D eigenvalue weighted by Crippen LogP contribution is -2.13. The van der Waals surface area contributed by atoms with E-state index in [2.05, 4.69) is 27.9 Å². The van der Waals surface area contributed by atoms with Gasteiger partial charge in [-0.2, -0.15) is 0 Å². The molecule has 2 aromatic carbocycles. The zero-order valence-corrected chi connectivity index (χ0v) is 13.9. The molecule has 2 aromatic rings. The van der Waals surface area contributed by atoms with E-state index >= 15 is 0 Å². The molecular weight excluding hydrogens is 405 g/mol. The summed E-state index contributed by atoms with van der Waals surface area (Å²) < 4.78 is 6.56. The molecule has 0 amide bonds. The molecule has 0 spiro atoms. The topological polar surface area (TPSA) is 58.6 Å². The molecule has 0 aliphatic carbocycles. The molecule has 0 bridgehead atoms. The summed E-state index contributed by atoms with van der Waals surface area (Å²) in [6.45, 7) is 0.862. The van der Waals surface area contributed by atoms with Gasteiger partial charge in [0, 0.05) is 10.1 Å². The van der Waals surface area contributed by atoms with E-state index < -0.39 is 5.97 Å². The number of carboxylic acids is 1. The maximum Gasteiger partial charge on any atom is 0.339 e. The van der Waals surface area contributed by atoms with E-state index in [4.69, 9.17) is 21.4 Å². The van der Waals surface area contributed by atoms with Crippen LogP contribution in [0.15, 0.2) is 42.5 Å². The third-order valence-electron chi connectivity index (χ3n) is 2.72. The van der Waals surface area contributed by atoms with Crippen molar-refractivity contribution < 1.29 is 14.6 Å². The highest BCUT2D eigenvalue weighted by atomic mass is 127. The Labute approximate surface area is 141 Å². The number of nitrogens with one attached hydrogen (secondary N) is 1. The number of hydrogen-bond donors (Lipinski definition) is 2. The average Bonchev–Trinajstić information content (AvgIpc) is 2.45. The third-order valence-corrected chi connectivity index (χ3v) is 3.71. The van der Waals surface area contributed by atoms with E-state index in [-0.39, 0.29) is 5.56 Å². The van der Waals surface area contributed by atoms with Crippen molar-refractivity contribution in [2.24, 2.45) is 0 Å². The summed E-state index contributed by atoms with van der Waals surface area (Å²) in [5.41, 5.74) is 0.983. The average molecular weight is 418 g/mol. The fourth-order valence-corrected chi connectivity index (χ4v) is 2.67. The van der Waals surface area contributed by atoms with Gasteiger partial charge in [-0.15, -0.1) is 0 Å². The van der Waals surface area contributed by atoms with Crippen LogP contribution in [0.5, 0.6) is 5.75 Å². The molecule has 0 fully saturated rings. The highest BCUT2D eigenvalue weighted by Gasteiger charge is 2.09. The second kappa shape index (κ2) is 7.51. The van der Waals surface area contributed by atoms with Crippen LogP contribution in [0.3, 0.4) is 0 Å². The Bertz CT molecular complexity index is 649. The zero-order chi connectivity index (χ0) is 15.2. The lowest BCUT2D eigenvalue weighted by molar-refractivity contribution is 0.0692. The molecule has 0 saturated carbocycles. The lowest BCUT2D eigenvalue weighted by atomic mass is 10.2. The van der Waals surface area contributed by atoms with Crippen LogP contribution in [0.4, 0.5) is 5.69 Å². The van der Waals surface area contributed by atoms with Gasteiger partial charge < -0.3 is 15.2 Å². The highest BCUT2D eigenvalue weighted by molar-refractivity contribution is 14.1. The first-order valence-electron chi connectivity index (χ1n) is 6.22. The summed E-state index contributed by atoms with van der Waals surface area (Å²) in [6.07, 6.45) is 0. The summed E-state index contributed by atoms with van der Waals surface area (Å²) in [5.74, 6) is -0.639. The lowest BCUT2D eigenvalue weighted by Gasteiger charge is -2.11. The van der Waals surface area contributed by atoms with E-state index in [0.717, 1.165) is 9.26 Å². The summed E-state index contributed by atoms with van der Waals surface area (Å²) >= 11 is 8.30. The Morgan fingerprint density at radius 2 is 2.05 bits per heavy atom. The maximum atomic E-state index is 11.0. The summed E-state index contributed by atoms with van der Waals surface area (Å²) in [7, 11) is 0. The maximum absolute atomic E-state index is 11.0. The summed E-state index contributed by atoms with van der Waals surface area (Å²) in [6, 6.07) is 12.3. The van der Waals surface area contributed by atoms with Crippen LogP contribution < -0.4 is 10.1 Å². The molecule has 0 atom stereocenters. The number of benzene rings is 2. The molecule has 0 aliphatic heterocycles. The Morgan fingerprint density at radius 3 is 2.76 bits per heavy atom. The molecule has 0 aliphatic rings. The highest BCUT2D eigenvalue weighted by Crippen LogP contribution is 2.23. The molecule has 110 valence electrons. The van der Waals surface area contributed by atoms with E-state index in [1.54, 1.807) is 18.2 Å². The number of anilines is 1. The summed E-state index contributed by atoms with van der Waals surface area (Å²) in [5, 5.41) is 12.8. The molecule has 0 heterocycles. The standard InChI is InChI=1S/C15H13ClINO3/c16-12-9-10(17)5-6-13(12)18-7-8-21-14-4-2-1-3-11(14)15(19)20/h1-6,9,18H,7-8H2,(H,19,20). The van der Waals surface area contributed by atoms with Crippen molar-refractivity contribution >= 4 is 45.8 Å². The number of para-hydroxylation sites is 1. The first kappa shape index (κ1) is 15.9. The van der Waals surface area contributed by atoms with Gasteiger partial charge in [-0.25, -0.2) is 4.79 Å². The number of hydrogen-bond acceptors (Lipinski definition) is 3. The fraction of sp³-hybridized carbons (Fsp3) is 0.133. The minimum absolute atomic E-state index is 0.157. The van der Waals surface area contributed by atoms with Crippen molar-refractivity contribution in [1.29, 1.82) is 0 Å². The van der Waals surface area contributed by atoms with Gasteiger partial charge in [0.25, 0.3) is 0 Å². The van der Waals surface area contributed by atoms with E-state index in [9.17, 15) is 4.79 Å². The van der Waals surface area contributed by atoms with E-state index in [1.165, 1.54) is 6.07 Å². The number of halogens is 2. The Hall–Kier alpha value is -1.47. The van der Waals surface area contributed by atoms with Crippen LogP contribution in [0.2, 0.25) is 5.02 Å². The molecule has 0 unspecified atom stereocenters. The first-order valence-corrected chi connectivity index (χ1v) is 7.67. The number of aromatic carboxylic acids is 1. The van der Waals surface area contributed by atoms with Crippen molar-refractivity contribution in [2.75, 3.05) is 18.5 Å². The molecule has 4 nitrogen and oxygen atoms in total. The predicted molar refractivity (Wildman–Crippen MR) is 91.6 cm³/mol. The second-order valence-corrected chi connectivity index (χ2v) is 5.85. The molecule has 6 heteroatoms. The number of ether oxygens (including phenoxy) is 1. The van der Waals surface area contributed by atoms with Gasteiger partial charge in [0.05, 0.1) is 10.7 Å². The molecule has 2 N–H and O–H groups in total. The van der Waals surface area contributed by atoms with Crippen molar-refractivity contribution in [2.45, 2.75) is 0 Å². The van der Waals surface area contributed by atoms with Crippen molar-refractivity contribution in [3.8, 4) is 5.75 Å². The quantitative estimate of drug-likeness (QED) is 0.548. The van der Waals surface area contributed by atoms with Crippen LogP contribution >= 0.6 is 34.2 Å². The minimum Gasteiger partial charge on any atom is -0.491 e. The van der Waals surface area contributed by atoms with Gasteiger partial charge >= 0.3 is 5.97 Å². The van der Waals surface area contributed by atoms with Crippen LogP contribution in [0, 0.1) is 3.57 Å². The van der Waals surface area contributed by atoms with Crippen molar-refractivity contribution in [3.05, 3.63) is 56.6 Å². The summed E-state index contributed by atoms with van der Waals surface area (Å²) in [4.78, 5) is 11.0. The van der Waals surface area contributed by atoms with Gasteiger partial charge in [0.1, 0.15) is 17.9 Å². The number of carbonyl (C=O) groups is 1. The minimum atomic E-state index is -1.00. The van der Waals surface area contributed by atoms with Crippen molar-refractivity contribution in [3.63, 3.8) is 0 Å². The van der Waals surface area contributed by atoms with Gasteiger partial charge in [-0.3, -0.25) is 0 Å². The Balaban J connectivity index is 1.89. The van der Waals surface area contributed by atoms with Crippen LogP contribution in [-0.4, -0.2) is 24.2 Å². The molecule has 0 radical (unpaired) electrons. The van der Waals surface area contributed by atoms with Gasteiger partial charge in [-0.05, 0) is 52.9 Å². The number of rotatable bonds is 6. The smallest absolute Gasteiger partial charge is 0.339 e. The van der Waals surface area contributed by atoms with Crippen LogP contribution in [0.25, 0.3) is 0 Å². The third kappa shape index (κ3) is 4.50. The van der Waals surface area contributed by atoms with Crippen LogP contribution in [-0.2, 0) is 0 Å².